The third kappa shape index (κ3) is 1.84. The van der Waals surface area contributed by atoms with Crippen molar-refractivity contribution in [2.45, 2.75) is 77.2 Å². The van der Waals surface area contributed by atoms with Crippen LogP contribution < -0.4 is 0 Å². The first-order valence-corrected chi connectivity index (χ1v) is 9.25. The number of rotatable bonds is 1. The maximum absolute atomic E-state index is 11.0. The van der Waals surface area contributed by atoms with Gasteiger partial charge in [-0.15, -0.1) is 0 Å². The summed E-state index contributed by atoms with van der Waals surface area (Å²) in [5, 5.41) is 20.7. The fraction of sp³-hybridized carbons (Fsp3) is 1.00. The van der Waals surface area contributed by atoms with E-state index < -0.39 is 5.60 Å². The van der Waals surface area contributed by atoms with E-state index in [2.05, 4.69) is 13.8 Å². The van der Waals surface area contributed by atoms with E-state index in [0.29, 0.717) is 29.3 Å². The van der Waals surface area contributed by atoms with E-state index in [9.17, 15) is 10.2 Å². The number of hydrogen-bond donors (Lipinski definition) is 2. The van der Waals surface area contributed by atoms with Gasteiger partial charge in [0.25, 0.3) is 0 Å². The minimum absolute atomic E-state index is 0.343. The Labute approximate surface area is 129 Å². The van der Waals surface area contributed by atoms with Crippen LogP contribution in [0.4, 0.5) is 0 Å². The lowest BCUT2D eigenvalue weighted by Gasteiger charge is -2.63. The quantitative estimate of drug-likeness (QED) is 0.772. The second-order valence-corrected chi connectivity index (χ2v) is 9.41. The molecular weight excluding hydrogens is 260 g/mol. The Morgan fingerprint density at radius 3 is 2.52 bits per heavy atom. The van der Waals surface area contributed by atoms with Gasteiger partial charge in [0.15, 0.2) is 0 Å². The highest BCUT2D eigenvalue weighted by atomic mass is 16.3. The second-order valence-electron chi connectivity index (χ2n) is 9.41. The first kappa shape index (κ1) is 14.5. The number of aliphatic hydroxyl groups is 2. The van der Waals surface area contributed by atoms with Crippen LogP contribution in [0.1, 0.15) is 71.6 Å². The molecule has 0 aromatic rings. The summed E-state index contributed by atoms with van der Waals surface area (Å²) in [7, 11) is 0. The minimum atomic E-state index is -0.444. The molecule has 2 heteroatoms. The van der Waals surface area contributed by atoms with E-state index >= 15 is 0 Å². The summed E-state index contributed by atoms with van der Waals surface area (Å²) in [5.41, 5.74) is 0.407. The second kappa shape index (κ2) is 4.47. The lowest BCUT2D eigenvalue weighted by atomic mass is 9.43. The van der Waals surface area contributed by atoms with Crippen molar-refractivity contribution >= 4 is 0 Å². The average Bonchev–Trinajstić information content (AvgIpc) is 2.68. The summed E-state index contributed by atoms with van der Waals surface area (Å²) in [6, 6.07) is 0. The average molecular weight is 292 g/mol. The van der Waals surface area contributed by atoms with Gasteiger partial charge in [-0.05, 0) is 92.8 Å². The summed E-state index contributed by atoms with van der Waals surface area (Å²) >= 11 is 0. The van der Waals surface area contributed by atoms with E-state index in [0.717, 1.165) is 18.3 Å². The van der Waals surface area contributed by atoms with Crippen LogP contribution in [-0.4, -0.2) is 22.4 Å². The maximum Gasteiger partial charge on any atom is 0.0653 e. The maximum atomic E-state index is 11.0. The largest absolute Gasteiger partial charge is 0.396 e. The van der Waals surface area contributed by atoms with E-state index in [-0.39, 0.29) is 0 Å². The highest BCUT2D eigenvalue weighted by Crippen LogP contribution is 2.71. The molecule has 4 saturated carbocycles. The van der Waals surface area contributed by atoms with Crippen molar-refractivity contribution < 1.29 is 10.2 Å². The van der Waals surface area contributed by atoms with Crippen LogP contribution in [0, 0.1) is 34.5 Å². The minimum Gasteiger partial charge on any atom is -0.396 e. The summed E-state index contributed by atoms with van der Waals surface area (Å²) < 4.78 is 0. The molecule has 0 saturated heterocycles. The fourth-order valence-corrected chi connectivity index (χ4v) is 7.77. The zero-order chi connectivity index (χ0) is 14.9. The molecule has 7 unspecified atom stereocenters. The molecule has 2 bridgehead atoms. The van der Waals surface area contributed by atoms with Gasteiger partial charge < -0.3 is 10.2 Å². The molecule has 4 aliphatic carbocycles. The molecule has 4 rings (SSSR count). The molecule has 21 heavy (non-hydrogen) atoms. The standard InChI is InChI=1S/C19H32O2/c1-17-7-3-8-18(2,21)15(17)6-9-19-10-13(4-5-16(17)19)14(11-19)12-20/h13-16,20-21H,3-12H2,1-2H3. The number of fused-ring (bicyclic) bond motifs is 3. The van der Waals surface area contributed by atoms with E-state index in [1.54, 1.807) is 0 Å². The topological polar surface area (TPSA) is 40.5 Å². The van der Waals surface area contributed by atoms with Gasteiger partial charge in [-0.25, -0.2) is 0 Å². The first-order chi connectivity index (χ1) is 9.91. The van der Waals surface area contributed by atoms with Crippen molar-refractivity contribution in [1.82, 2.24) is 0 Å². The van der Waals surface area contributed by atoms with Crippen molar-refractivity contribution in [1.29, 1.82) is 0 Å². The normalized spacial score (nSPS) is 59.4. The Balaban J connectivity index is 1.70. The molecule has 0 aromatic heterocycles. The molecule has 0 radical (unpaired) electrons. The Kier molecular flexibility index (Phi) is 3.09. The van der Waals surface area contributed by atoms with Crippen LogP contribution in [0.5, 0.6) is 0 Å². The Bertz CT molecular complexity index is 431. The van der Waals surface area contributed by atoms with Crippen LogP contribution >= 0.6 is 0 Å². The predicted molar refractivity (Wildman–Crippen MR) is 83.8 cm³/mol. The van der Waals surface area contributed by atoms with Gasteiger partial charge in [0.05, 0.1) is 5.60 Å². The lowest BCUT2D eigenvalue weighted by molar-refractivity contribution is -0.180. The molecule has 0 amide bonds. The van der Waals surface area contributed by atoms with E-state index in [1.807, 2.05) is 0 Å². The van der Waals surface area contributed by atoms with Gasteiger partial charge >= 0.3 is 0 Å². The molecule has 0 heterocycles. The molecule has 2 nitrogen and oxygen atoms in total. The lowest BCUT2D eigenvalue weighted by Crippen LogP contribution is -2.58. The zero-order valence-corrected chi connectivity index (χ0v) is 13.8. The van der Waals surface area contributed by atoms with Crippen LogP contribution in [0.25, 0.3) is 0 Å². The van der Waals surface area contributed by atoms with Gasteiger partial charge in [0.1, 0.15) is 0 Å². The summed E-state index contributed by atoms with van der Waals surface area (Å²) in [5.74, 6) is 2.65. The van der Waals surface area contributed by atoms with Crippen LogP contribution in [0.2, 0.25) is 0 Å². The van der Waals surface area contributed by atoms with Crippen molar-refractivity contribution in [3.8, 4) is 0 Å². The van der Waals surface area contributed by atoms with Gasteiger partial charge in [0, 0.05) is 6.61 Å². The molecular formula is C19H32O2. The molecule has 7 atom stereocenters. The fourth-order valence-electron chi connectivity index (χ4n) is 7.77. The van der Waals surface area contributed by atoms with Gasteiger partial charge in [-0.3, -0.25) is 0 Å². The Morgan fingerprint density at radius 1 is 0.952 bits per heavy atom. The molecule has 4 fully saturated rings. The summed E-state index contributed by atoms with van der Waals surface area (Å²) in [6.45, 7) is 5.00. The third-order valence-corrected chi connectivity index (χ3v) is 8.48. The highest BCUT2D eigenvalue weighted by Gasteiger charge is 2.64. The van der Waals surface area contributed by atoms with Crippen LogP contribution in [-0.2, 0) is 0 Å². The van der Waals surface area contributed by atoms with Crippen LogP contribution in [0.15, 0.2) is 0 Å². The smallest absolute Gasteiger partial charge is 0.0653 e. The molecule has 4 aliphatic rings. The monoisotopic (exact) mass is 292 g/mol. The van der Waals surface area contributed by atoms with Gasteiger partial charge in [0.2, 0.25) is 0 Å². The molecule has 1 spiro atoms. The summed E-state index contributed by atoms with van der Waals surface area (Å²) in [4.78, 5) is 0. The Morgan fingerprint density at radius 2 is 1.76 bits per heavy atom. The van der Waals surface area contributed by atoms with Crippen LogP contribution in [0.3, 0.4) is 0 Å². The van der Waals surface area contributed by atoms with Crippen molar-refractivity contribution in [3.05, 3.63) is 0 Å². The summed E-state index contributed by atoms with van der Waals surface area (Å²) in [6.07, 6.45) is 11.3. The molecule has 2 N–H and O–H groups in total. The molecule has 120 valence electrons. The third-order valence-electron chi connectivity index (χ3n) is 8.48. The molecule has 0 aromatic carbocycles. The number of hydrogen-bond acceptors (Lipinski definition) is 2. The van der Waals surface area contributed by atoms with Crippen molar-refractivity contribution in [2.75, 3.05) is 6.61 Å². The van der Waals surface area contributed by atoms with E-state index in [4.69, 9.17) is 0 Å². The Hall–Kier alpha value is -0.0800. The molecule has 0 aliphatic heterocycles. The van der Waals surface area contributed by atoms with Gasteiger partial charge in [-0.2, -0.15) is 0 Å². The predicted octanol–water partition coefficient (Wildman–Crippen LogP) is 3.75. The van der Waals surface area contributed by atoms with Crippen molar-refractivity contribution in [3.63, 3.8) is 0 Å². The first-order valence-electron chi connectivity index (χ1n) is 9.25. The zero-order valence-electron chi connectivity index (χ0n) is 13.8. The SMILES string of the molecule is CC1(O)CCCC2(C)C1CCC13CC(CO)C(CCC12)C3. The van der Waals surface area contributed by atoms with E-state index in [1.165, 1.54) is 51.4 Å². The van der Waals surface area contributed by atoms with Crippen molar-refractivity contribution in [2.24, 2.45) is 34.5 Å². The van der Waals surface area contributed by atoms with Gasteiger partial charge in [-0.1, -0.05) is 13.3 Å². The highest BCUT2D eigenvalue weighted by molar-refractivity contribution is 5.13. The number of aliphatic hydroxyl groups excluding tert-OH is 1.